The molecule has 0 saturated carbocycles. The second kappa shape index (κ2) is 13.0. The van der Waals surface area contributed by atoms with Crippen molar-refractivity contribution in [3.05, 3.63) is 126 Å². The molecule has 0 aliphatic carbocycles. The van der Waals surface area contributed by atoms with Crippen molar-refractivity contribution >= 4 is 5.97 Å². The van der Waals surface area contributed by atoms with Crippen LogP contribution in [-0.2, 0) is 19.5 Å². The predicted octanol–water partition coefficient (Wildman–Crippen LogP) is 7.52. The Morgan fingerprint density at radius 3 is 2.26 bits per heavy atom. The van der Waals surface area contributed by atoms with E-state index in [2.05, 4.69) is 77.5 Å². The molecule has 2 N–H and O–H groups in total. The van der Waals surface area contributed by atoms with E-state index < -0.39 is 5.97 Å². The van der Waals surface area contributed by atoms with Crippen LogP contribution in [0.4, 0.5) is 0 Å². The van der Waals surface area contributed by atoms with E-state index in [1.165, 1.54) is 0 Å². The number of benzene rings is 4. The molecular formula is C36H35N3O4. The highest BCUT2D eigenvalue weighted by Crippen LogP contribution is 2.37. The Kier molecular flexibility index (Phi) is 8.52. The monoisotopic (exact) mass is 573 g/mol. The number of rotatable bonds is 12. The third-order valence-corrected chi connectivity index (χ3v) is 7.78. The summed E-state index contributed by atoms with van der Waals surface area (Å²) in [4.78, 5) is 16.7. The molecule has 0 spiro atoms. The number of unbranched alkanes of at least 4 members (excludes halogenated alkanes) is 1. The van der Waals surface area contributed by atoms with Crippen LogP contribution in [0.15, 0.2) is 103 Å². The Hall–Kier alpha value is -4.88. The molecule has 7 nitrogen and oxygen atoms in total. The molecule has 0 fully saturated rings. The molecule has 1 aliphatic rings. The van der Waals surface area contributed by atoms with Crippen molar-refractivity contribution < 1.29 is 19.4 Å². The molecule has 218 valence electrons. The fourth-order valence-electron chi connectivity index (χ4n) is 5.55. The summed E-state index contributed by atoms with van der Waals surface area (Å²) in [6.07, 6.45) is 2.77. The molecule has 0 amide bonds. The lowest BCUT2D eigenvalue weighted by atomic mass is 9.98. The van der Waals surface area contributed by atoms with Gasteiger partial charge in [0.1, 0.15) is 5.82 Å². The van der Waals surface area contributed by atoms with E-state index in [-0.39, 0.29) is 18.4 Å². The Morgan fingerprint density at radius 1 is 0.884 bits per heavy atom. The molecule has 43 heavy (non-hydrogen) atoms. The number of ether oxygens (including phenoxy) is 2. The van der Waals surface area contributed by atoms with E-state index >= 15 is 0 Å². The Morgan fingerprint density at radius 2 is 1.56 bits per heavy atom. The normalized spacial score (nSPS) is 12.8. The molecule has 0 saturated heterocycles. The number of carboxylic acids is 1. The number of aromatic carboxylic acids is 1. The van der Waals surface area contributed by atoms with Crippen LogP contribution >= 0.6 is 0 Å². The Bertz CT molecular complexity index is 1680. The summed E-state index contributed by atoms with van der Waals surface area (Å²) in [5.74, 6) is 1.54. The lowest BCUT2D eigenvalue weighted by molar-refractivity contribution is 0.0697. The zero-order valence-electron chi connectivity index (χ0n) is 24.2. The van der Waals surface area contributed by atoms with Gasteiger partial charge in [0.15, 0.2) is 11.5 Å². The van der Waals surface area contributed by atoms with Crippen molar-refractivity contribution in [2.24, 2.45) is 0 Å². The van der Waals surface area contributed by atoms with Gasteiger partial charge in [-0.3, -0.25) is 0 Å². The highest BCUT2D eigenvalue weighted by atomic mass is 16.7. The molecule has 1 atom stereocenters. The molecule has 6 rings (SSSR count). The summed E-state index contributed by atoms with van der Waals surface area (Å²) < 4.78 is 13.7. The Balaban J connectivity index is 1.47. The fourth-order valence-corrected chi connectivity index (χ4v) is 5.55. The first-order chi connectivity index (χ1) is 21.1. The van der Waals surface area contributed by atoms with Crippen molar-refractivity contribution in [2.75, 3.05) is 6.79 Å². The summed E-state index contributed by atoms with van der Waals surface area (Å²) in [7, 11) is 0. The quantitative estimate of drug-likeness (QED) is 0.161. The van der Waals surface area contributed by atoms with Crippen molar-refractivity contribution in [3.63, 3.8) is 0 Å². The van der Waals surface area contributed by atoms with E-state index in [1.807, 2.05) is 30.3 Å². The molecule has 5 aromatic rings. The number of imidazole rings is 1. The second-order valence-electron chi connectivity index (χ2n) is 10.7. The van der Waals surface area contributed by atoms with Crippen LogP contribution in [0.25, 0.3) is 22.6 Å². The minimum atomic E-state index is -0.930. The maximum absolute atomic E-state index is 11.4. The van der Waals surface area contributed by atoms with Gasteiger partial charge in [-0.15, -0.1) is 0 Å². The van der Waals surface area contributed by atoms with Crippen LogP contribution in [0.1, 0.15) is 53.0 Å². The minimum absolute atomic E-state index is 0.114. The van der Waals surface area contributed by atoms with E-state index in [0.29, 0.717) is 13.0 Å². The van der Waals surface area contributed by atoms with Gasteiger partial charge in [0.2, 0.25) is 6.79 Å². The van der Waals surface area contributed by atoms with Crippen molar-refractivity contribution in [1.82, 2.24) is 14.9 Å². The van der Waals surface area contributed by atoms with Gasteiger partial charge in [0.05, 0.1) is 23.0 Å². The summed E-state index contributed by atoms with van der Waals surface area (Å²) in [6.45, 7) is 3.83. The smallest absolute Gasteiger partial charge is 0.335 e. The van der Waals surface area contributed by atoms with Crippen LogP contribution in [0.5, 0.6) is 11.5 Å². The number of hydrogen-bond acceptors (Lipinski definition) is 5. The molecule has 7 heteroatoms. The Labute approximate surface area is 251 Å². The summed E-state index contributed by atoms with van der Waals surface area (Å²) in [5.41, 5.74) is 6.61. The topological polar surface area (TPSA) is 85.6 Å². The average Bonchev–Trinajstić information content (AvgIpc) is 3.67. The van der Waals surface area contributed by atoms with Gasteiger partial charge in [-0.1, -0.05) is 92.2 Å². The van der Waals surface area contributed by atoms with E-state index in [4.69, 9.17) is 14.5 Å². The molecule has 1 aliphatic heterocycles. The van der Waals surface area contributed by atoms with E-state index in [9.17, 15) is 9.90 Å². The van der Waals surface area contributed by atoms with Crippen molar-refractivity contribution in [1.29, 1.82) is 0 Å². The molecule has 4 aromatic carbocycles. The number of carbonyl (C=O) groups is 1. The molecule has 2 heterocycles. The van der Waals surface area contributed by atoms with Gasteiger partial charge in [0.25, 0.3) is 0 Å². The SMILES string of the molecule is CCCCn1c(-c2ccccc2)nc(-c2ccccc2)c1C(Cc1ccc2c(c1)OCO2)NCc1ccc(C(=O)O)cc1. The average molecular weight is 574 g/mol. The van der Waals surface area contributed by atoms with E-state index in [1.54, 1.807) is 12.1 Å². The zero-order valence-corrected chi connectivity index (χ0v) is 24.2. The minimum Gasteiger partial charge on any atom is -0.478 e. The van der Waals surface area contributed by atoms with E-state index in [0.717, 1.165) is 70.4 Å². The number of carboxylic acid groups (broad SMARTS) is 1. The highest BCUT2D eigenvalue weighted by molar-refractivity contribution is 5.87. The first kappa shape index (κ1) is 28.2. The lowest BCUT2D eigenvalue weighted by Crippen LogP contribution is -2.26. The van der Waals surface area contributed by atoms with Gasteiger partial charge in [-0.25, -0.2) is 9.78 Å². The number of hydrogen-bond donors (Lipinski definition) is 2. The number of aromatic nitrogens is 2. The van der Waals surface area contributed by atoms with Gasteiger partial charge < -0.3 is 24.5 Å². The third kappa shape index (κ3) is 6.32. The second-order valence-corrected chi connectivity index (χ2v) is 10.7. The van der Waals surface area contributed by atoms with Gasteiger partial charge in [0, 0.05) is 24.2 Å². The molecule has 1 aromatic heterocycles. The number of nitrogens with zero attached hydrogens (tertiary/aromatic N) is 2. The van der Waals surface area contributed by atoms with Crippen LogP contribution in [-0.4, -0.2) is 27.4 Å². The highest BCUT2D eigenvalue weighted by Gasteiger charge is 2.27. The molecular weight excluding hydrogens is 538 g/mol. The van der Waals surface area contributed by atoms with Crippen LogP contribution in [0, 0.1) is 0 Å². The van der Waals surface area contributed by atoms with Crippen LogP contribution in [0.3, 0.4) is 0 Å². The lowest BCUT2D eigenvalue weighted by Gasteiger charge is -2.24. The summed E-state index contributed by atoms with van der Waals surface area (Å²) in [6, 6.07) is 33.8. The first-order valence-corrected chi connectivity index (χ1v) is 14.8. The molecule has 0 bridgehead atoms. The molecule has 0 radical (unpaired) electrons. The molecule has 1 unspecified atom stereocenters. The van der Waals surface area contributed by atoms with Crippen LogP contribution in [0.2, 0.25) is 0 Å². The van der Waals surface area contributed by atoms with Gasteiger partial charge >= 0.3 is 5.97 Å². The van der Waals surface area contributed by atoms with Crippen molar-refractivity contribution in [2.45, 2.75) is 45.3 Å². The number of nitrogens with one attached hydrogen (secondary N) is 1. The van der Waals surface area contributed by atoms with Crippen molar-refractivity contribution in [3.8, 4) is 34.1 Å². The maximum Gasteiger partial charge on any atom is 0.335 e. The third-order valence-electron chi connectivity index (χ3n) is 7.78. The summed E-state index contributed by atoms with van der Waals surface area (Å²) >= 11 is 0. The van der Waals surface area contributed by atoms with Gasteiger partial charge in [-0.2, -0.15) is 0 Å². The first-order valence-electron chi connectivity index (χ1n) is 14.8. The van der Waals surface area contributed by atoms with Gasteiger partial charge in [-0.05, 0) is 48.2 Å². The zero-order chi connectivity index (χ0) is 29.6. The predicted molar refractivity (Wildman–Crippen MR) is 167 cm³/mol. The summed E-state index contributed by atoms with van der Waals surface area (Å²) in [5, 5.41) is 13.2. The maximum atomic E-state index is 11.4. The van der Waals surface area contributed by atoms with Crippen LogP contribution < -0.4 is 14.8 Å². The number of fused-ring (bicyclic) bond motifs is 1. The largest absolute Gasteiger partial charge is 0.478 e. The standard InChI is InChI=1S/C36H35N3O4/c1-2-3-20-39-34(33(27-10-6-4-7-11-27)38-35(39)28-12-8-5-9-13-28)30(21-26-16-19-31-32(22-26)43-24-42-31)37-23-25-14-17-29(18-15-25)36(40)41/h4-19,22,30,37H,2-3,20-21,23-24H2,1H3,(H,40,41). The fraction of sp³-hybridized carbons (Fsp3) is 0.222.